The van der Waals surface area contributed by atoms with Gasteiger partial charge in [0.05, 0.1) is 16.2 Å². The largest absolute Gasteiger partial charge is 0.276 e. The van der Waals surface area contributed by atoms with Gasteiger partial charge in [-0.25, -0.2) is 0 Å². The number of nitro groups is 1. The Morgan fingerprint density at radius 1 is 1.04 bits per heavy atom. The zero-order valence-corrected chi connectivity index (χ0v) is 13.2. The average Bonchev–Trinajstić information content (AvgIpc) is 2.60. The Balaban J connectivity index is 1.98. The van der Waals surface area contributed by atoms with Gasteiger partial charge in [-0.2, -0.15) is 10.2 Å². The molecule has 0 N–H and O–H groups in total. The number of benzene rings is 2. The molecule has 0 radical (unpaired) electrons. The van der Waals surface area contributed by atoms with Crippen molar-refractivity contribution in [3.05, 3.63) is 88.0 Å². The minimum atomic E-state index is -0.404. The van der Waals surface area contributed by atoms with Crippen LogP contribution in [0.1, 0.15) is 18.1 Å². The molecule has 2 aromatic rings. The van der Waals surface area contributed by atoms with E-state index in [0.717, 1.165) is 5.56 Å². The first-order valence-corrected chi connectivity index (χ1v) is 7.37. The Morgan fingerprint density at radius 2 is 1.75 bits per heavy atom. The van der Waals surface area contributed by atoms with E-state index in [9.17, 15) is 10.1 Å². The van der Waals surface area contributed by atoms with E-state index in [1.807, 2.05) is 36.4 Å². The lowest BCUT2D eigenvalue weighted by atomic mass is 10.1. The van der Waals surface area contributed by atoms with Crippen molar-refractivity contribution in [1.29, 1.82) is 0 Å². The Kier molecular flexibility index (Phi) is 6.35. The van der Waals surface area contributed by atoms with Crippen LogP contribution in [0.5, 0.6) is 0 Å². The molecule has 24 heavy (non-hydrogen) atoms. The van der Waals surface area contributed by atoms with Gasteiger partial charge in [-0.05, 0) is 36.8 Å². The van der Waals surface area contributed by atoms with Gasteiger partial charge in [0.2, 0.25) is 0 Å². The summed E-state index contributed by atoms with van der Waals surface area (Å²) in [5.74, 6) is 0. The fourth-order valence-electron chi connectivity index (χ4n) is 1.92. The Morgan fingerprint density at radius 3 is 2.50 bits per heavy atom. The fourth-order valence-corrected chi connectivity index (χ4v) is 1.92. The van der Waals surface area contributed by atoms with Crippen LogP contribution in [0, 0.1) is 10.1 Å². The van der Waals surface area contributed by atoms with E-state index < -0.39 is 4.92 Å². The molecule has 0 saturated heterocycles. The second-order valence-electron chi connectivity index (χ2n) is 4.92. The zero-order chi connectivity index (χ0) is 17.2. The van der Waals surface area contributed by atoms with Crippen molar-refractivity contribution in [3.8, 4) is 0 Å². The van der Waals surface area contributed by atoms with Gasteiger partial charge in [-0.3, -0.25) is 10.1 Å². The normalized spacial score (nSPS) is 12.5. The molecule has 2 aromatic carbocycles. The van der Waals surface area contributed by atoms with Crippen LogP contribution >= 0.6 is 0 Å². The molecule has 5 nitrogen and oxygen atoms in total. The minimum Gasteiger partial charge on any atom is -0.258 e. The van der Waals surface area contributed by atoms with Crippen LogP contribution in [0.25, 0.3) is 12.2 Å². The van der Waals surface area contributed by atoms with Crippen LogP contribution < -0.4 is 0 Å². The highest BCUT2D eigenvalue weighted by Gasteiger charge is 2.08. The van der Waals surface area contributed by atoms with Gasteiger partial charge in [0.1, 0.15) is 0 Å². The third-order valence-electron chi connectivity index (χ3n) is 3.09. The molecule has 0 amide bonds. The second-order valence-corrected chi connectivity index (χ2v) is 4.92. The van der Waals surface area contributed by atoms with Gasteiger partial charge in [0.25, 0.3) is 5.69 Å². The minimum absolute atomic E-state index is 0.0656. The van der Waals surface area contributed by atoms with Crippen LogP contribution in [0.4, 0.5) is 5.69 Å². The lowest BCUT2D eigenvalue weighted by Crippen LogP contribution is -1.91. The summed E-state index contributed by atoms with van der Waals surface area (Å²) >= 11 is 0. The Bertz CT molecular complexity index is 806. The van der Waals surface area contributed by atoms with Gasteiger partial charge in [0, 0.05) is 12.3 Å². The van der Waals surface area contributed by atoms with E-state index in [1.54, 1.807) is 49.6 Å². The maximum Gasteiger partial charge on any atom is 0.276 e. The van der Waals surface area contributed by atoms with E-state index in [4.69, 9.17) is 0 Å². The topological polar surface area (TPSA) is 67.9 Å². The molecule has 0 unspecified atom stereocenters. The third-order valence-corrected chi connectivity index (χ3v) is 3.09. The van der Waals surface area contributed by atoms with Gasteiger partial charge in [0.15, 0.2) is 0 Å². The van der Waals surface area contributed by atoms with Gasteiger partial charge >= 0.3 is 0 Å². The summed E-state index contributed by atoms with van der Waals surface area (Å²) in [5, 5.41) is 18.9. The quantitative estimate of drug-likeness (QED) is 0.437. The molecule has 0 aliphatic heterocycles. The average molecular weight is 319 g/mol. The third kappa shape index (κ3) is 5.46. The van der Waals surface area contributed by atoms with E-state index in [1.165, 1.54) is 6.07 Å². The number of para-hydroxylation sites is 1. The number of nitro benzene ring substituents is 1. The van der Waals surface area contributed by atoms with Crippen molar-refractivity contribution in [1.82, 2.24) is 0 Å². The molecule has 0 heterocycles. The van der Waals surface area contributed by atoms with Crippen LogP contribution in [0.2, 0.25) is 0 Å². The first-order valence-electron chi connectivity index (χ1n) is 7.37. The predicted molar refractivity (Wildman–Crippen MR) is 99.2 cm³/mol. The first kappa shape index (κ1) is 17.0. The van der Waals surface area contributed by atoms with Crippen molar-refractivity contribution in [2.75, 3.05) is 0 Å². The van der Waals surface area contributed by atoms with E-state index in [2.05, 4.69) is 10.2 Å². The van der Waals surface area contributed by atoms with Gasteiger partial charge < -0.3 is 0 Å². The van der Waals surface area contributed by atoms with E-state index in [0.29, 0.717) is 11.3 Å². The number of allylic oxidation sites excluding steroid dienone is 2. The van der Waals surface area contributed by atoms with E-state index >= 15 is 0 Å². The lowest BCUT2D eigenvalue weighted by molar-refractivity contribution is -0.385. The standard InChI is InChI=1S/C19H17N3O2/c1-16(13-14-18-11-5-6-12-19(18)22(23)24)21-20-15-7-10-17-8-3-2-4-9-17/h2-15H,1H3/b10-7-,14-13+,20-15-,21-16-. The molecule has 0 aliphatic rings. The van der Waals surface area contributed by atoms with Crippen LogP contribution in [-0.2, 0) is 0 Å². The first-order chi connectivity index (χ1) is 11.7. The van der Waals surface area contributed by atoms with Crippen LogP contribution in [-0.4, -0.2) is 16.8 Å². The molecule has 120 valence electrons. The SMILES string of the molecule is CC(/C=C/c1ccccc1[N+](=O)[O-])=N/N=C\C=C/c1ccccc1. The van der Waals surface area contributed by atoms with Crippen molar-refractivity contribution in [2.45, 2.75) is 6.92 Å². The lowest BCUT2D eigenvalue weighted by Gasteiger charge is -1.96. The van der Waals surface area contributed by atoms with Crippen molar-refractivity contribution < 1.29 is 4.92 Å². The molecule has 0 saturated carbocycles. The molecule has 2 rings (SSSR count). The van der Waals surface area contributed by atoms with Gasteiger partial charge in [-0.15, -0.1) is 0 Å². The molecular formula is C19H17N3O2. The van der Waals surface area contributed by atoms with Crippen LogP contribution in [0.15, 0.2) is 77.0 Å². The number of nitrogens with zero attached hydrogens (tertiary/aromatic N) is 3. The maximum absolute atomic E-state index is 10.9. The zero-order valence-electron chi connectivity index (χ0n) is 13.2. The highest BCUT2D eigenvalue weighted by atomic mass is 16.6. The van der Waals surface area contributed by atoms with Crippen molar-refractivity contribution in [3.63, 3.8) is 0 Å². The van der Waals surface area contributed by atoms with Gasteiger partial charge in [-0.1, -0.05) is 48.5 Å². The van der Waals surface area contributed by atoms with Crippen molar-refractivity contribution >= 4 is 29.8 Å². The maximum atomic E-state index is 10.9. The van der Waals surface area contributed by atoms with Crippen LogP contribution in [0.3, 0.4) is 0 Å². The molecule has 0 spiro atoms. The molecule has 0 aromatic heterocycles. The summed E-state index contributed by atoms with van der Waals surface area (Å²) in [5.41, 5.74) is 2.33. The monoisotopic (exact) mass is 319 g/mol. The smallest absolute Gasteiger partial charge is 0.258 e. The second kappa shape index (κ2) is 8.95. The highest BCUT2D eigenvalue weighted by molar-refractivity contribution is 5.97. The molecule has 0 aliphatic carbocycles. The molecular weight excluding hydrogens is 302 g/mol. The Labute approximate surface area is 140 Å². The van der Waals surface area contributed by atoms with E-state index in [-0.39, 0.29) is 5.69 Å². The molecule has 0 fully saturated rings. The number of hydrogen-bond acceptors (Lipinski definition) is 4. The number of rotatable bonds is 6. The highest BCUT2D eigenvalue weighted by Crippen LogP contribution is 2.18. The molecule has 0 atom stereocenters. The predicted octanol–water partition coefficient (Wildman–Crippen LogP) is 4.77. The molecule has 0 bridgehead atoms. The Hall–Kier alpha value is -3.34. The summed E-state index contributed by atoms with van der Waals surface area (Å²) in [7, 11) is 0. The van der Waals surface area contributed by atoms with Crippen molar-refractivity contribution in [2.24, 2.45) is 10.2 Å². The summed E-state index contributed by atoms with van der Waals surface area (Å²) in [4.78, 5) is 10.5. The summed E-state index contributed by atoms with van der Waals surface area (Å²) in [6.07, 6.45) is 8.68. The fraction of sp³-hybridized carbons (Fsp3) is 0.0526. The summed E-state index contributed by atoms with van der Waals surface area (Å²) in [6, 6.07) is 16.4. The summed E-state index contributed by atoms with van der Waals surface area (Å²) < 4.78 is 0. The number of hydrogen-bond donors (Lipinski definition) is 0. The molecule has 5 heteroatoms. The summed E-state index contributed by atoms with van der Waals surface area (Å²) in [6.45, 7) is 1.78.